The molecule has 1 saturated carbocycles. The van der Waals surface area contributed by atoms with E-state index in [-0.39, 0.29) is 72.0 Å². The molecule has 18 heteroatoms. The molecule has 3 fully saturated rings. The maximum Gasteiger partial charge on any atom is 0.323 e. The molecule has 4 aliphatic rings. The molecule has 6 rings (SSSR count). The number of fused-ring (bicyclic) bond motifs is 3. The predicted octanol–water partition coefficient (Wildman–Crippen LogP) is 12.2. The van der Waals surface area contributed by atoms with E-state index < -0.39 is 107 Å². The summed E-state index contributed by atoms with van der Waals surface area (Å²) < 4.78 is 51.8. The number of Topliss-reactive ketones (excluding diaryl/α,β-unsaturated/α-hetero) is 1. The van der Waals surface area contributed by atoms with Gasteiger partial charge in [-0.1, -0.05) is 160 Å². The van der Waals surface area contributed by atoms with Crippen molar-refractivity contribution in [2.24, 2.45) is 29.6 Å². The number of benzene rings is 2. The molecule has 1 aliphatic carbocycles. The number of carbonyl (C=O) groups excluding carboxylic acids is 4. The monoisotopic (exact) mass is 1320 g/mol. The Morgan fingerprint density at radius 1 is 0.750 bits per heavy atom. The van der Waals surface area contributed by atoms with E-state index in [2.05, 4.69) is 111 Å². The van der Waals surface area contributed by atoms with Crippen molar-refractivity contribution >= 4 is 50.6 Å². The molecule has 3 N–H and O–H groups in total. The van der Waals surface area contributed by atoms with Crippen molar-refractivity contribution in [1.29, 1.82) is 0 Å². The number of ketones is 1. The maximum atomic E-state index is 14.8. The van der Waals surface area contributed by atoms with Gasteiger partial charge in [0.25, 0.3) is 17.7 Å². The van der Waals surface area contributed by atoms with E-state index in [9.17, 15) is 34.5 Å². The SMILES string of the molecule is C=CC[C@@H]1/C=C(\C)C[C@H](C)C[C@H](OC)C2O[C@@](O)(C(=O)C(=O)N3CCCC[C@H]3[C@H](O)O[C@H](/C(C)=C/[C@@H]3CC[C@@H](OC(=O)CCCCCCC(=O)O[Si](c4ccccc4)(c4ccccc4)C(C)(C)C)[C@H](OC)C3)[C@H](C)[C@@H](O[Si](C)(C)C(C)(C)C)C[C@H]1O)[C@H](C)C[C@@H]2OC. The first-order chi connectivity index (χ1) is 43.3. The molecular formula is C74H117NO15Si2. The van der Waals surface area contributed by atoms with Crippen LogP contribution in [0.15, 0.2) is 96.6 Å². The molecule has 1 amide bonds. The van der Waals surface area contributed by atoms with Crippen LogP contribution in [0.4, 0.5) is 0 Å². The Morgan fingerprint density at radius 2 is 1.34 bits per heavy atom. The highest BCUT2D eigenvalue weighted by Crippen LogP contribution is 2.44. The number of ether oxygens (including phenoxy) is 6. The third-order valence-corrected chi connectivity index (χ3v) is 30.3. The second-order valence-corrected chi connectivity index (χ2v) is 38.9. The van der Waals surface area contributed by atoms with Crippen LogP contribution in [-0.4, -0.2) is 155 Å². The number of aliphatic hydroxyl groups is 3. The van der Waals surface area contributed by atoms with Crippen molar-refractivity contribution in [2.75, 3.05) is 27.9 Å². The first-order valence-electron chi connectivity index (χ1n) is 34.4. The first-order valence-corrected chi connectivity index (χ1v) is 39.2. The zero-order valence-corrected chi connectivity index (χ0v) is 60.8. The summed E-state index contributed by atoms with van der Waals surface area (Å²) in [5.41, 5.74) is 1.87. The van der Waals surface area contributed by atoms with Crippen LogP contribution in [-0.2, 0) is 56.5 Å². The van der Waals surface area contributed by atoms with Crippen molar-refractivity contribution < 1.29 is 71.8 Å². The lowest BCUT2D eigenvalue weighted by atomic mass is 9.81. The van der Waals surface area contributed by atoms with Gasteiger partial charge in [0.15, 0.2) is 14.6 Å². The fourth-order valence-electron chi connectivity index (χ4n) is 14.6. The summed E-state index contributed by atoms with van der Waals surface area (Å²) in [6.45, 7) is 31.5. The molecule has 92 heavy (non-hydrogen) atoms. The molecule has 1 unspecified atom stereocenters. The number of esters is 1. The Labute approximate surface area is 554 Å². The van der Waals surface area contributed by atoms with Gasteiger partial charge in [0.05, 0.1) is 42.7 Å². The van der Waals surface area contributed by atoms with Gasteiger partial charge in [-0.3, -0.25) is 19.2 Å². The molecule has 2 bridgehead atoms. The molecule has 3 heterocycles. The van der Waals surface area contributed by atoms with Gasteiger partial charge >= 0.3 is 14.3 Å². The van der Waals surface area contributed by atoms with E-state index in [1.54, 1.807) is 28.3 Å². The number of allylic oxidation sites excluding steroid dienone is 3. The molecule has 3 aliphatic heterocycles. The van der Waals surface area contributed by atoms with E-state index >= 15 is 0 Å². The van der Waals surface area contributed by atoms with Crippen LogP contribution >= 0.6 is 0 Å². The Balaban J connectivity index is 1.22. The summed E-state index contributed by atoms with van der Waals surface area (Å²) in [6.07, 6.45) is 8.12. The molecule has 516 valence electrons. The number of nitrogens with zero attached hydrogens (tertiary/aromatic N) is 1. The highest BCUT2D eigenvalue weighted by Gasteiger charge is 2.57. The van der Waals surface area contributed by atoms with Crippen molar-refractivity contribution in [3.05, 3.63) is 96.6 Å². The van der Waals surface area contributed by atoms with Crippen molar-refractivity contribution in [2.45, 2.75) is 275 Å². The second kappa shape index (κ2) is 34.2. The quantitative estimate of drug-likeness (QED) is 0.0371. The van der Waals surface area contributed by atoms with Crippen molar-refractivity contribution in [1.82, 2.24) is 4.90 Å². The smallest absolute Gasteiger partial charge is 0.323 e. The number of hydrogen-bond acceptors (Lipinski definition) is 15. The number of hydrogen-bond donors (Lipinski definition) is 3. The number of piperidine rings is 1. The molecule has 0 aromatic heterocycles. The molecular weight excluding hydrogens is 1200 g/mol. The average molecular weight is 1320 g/mol. The summed E-state index contributed by atoms with van der Waals surface area (Å²) in [7, 11) is -0.823. The summed E-state index contributed by atoms with van der Waals surface area (Å²) in [5, 5.41) is 39.2. The Morgan fingerprint density at radius 3 is 1.90 bits per heavy atom. The van der Waals surface area contributed by atoms with Gasteiger partial charge in [-0.2, -0.15) is 0 Å². The minimum atomic E-state index is -3.01. The topological polar surface area (TPSA) is 206 Å². The van der Waals surface area contributed by atoms with Gasteiger partial charge in [-0.25, -0.2) is 0 Å². The zero-order chi connectivity index (χ0) is 67.9. The van der Waals surface area contributed by atoms with Crippen LogP contribution in [0.3, 0.4) is 0 Å². The normalized spacial score (nSPS) is 32.1. The number of rotatable bonds is 20. The molecule has 0 spiro atoms. The molecule has 16 atom stereocenters. The number of amides is 1. The lowest BCUT2D eigenvalue weighted by Gasteiger charge is -2.47. The van der Waals surface area contributed by atoms with E-state index in [0.717, 1.165) is 34.4 Å². The third-order valence-electron chi connectivity index (χ3n) is 20.9. The van der Waals surface area contributed by atoms with E-state index in [1.807, 2.05) is 56.3 Å². The van der Waals surface area contributed by atoms with E-state index in [4.69, 9.17) is 37.3 Å². The van der Waals surface area contributed by atoms with Gasteiger partial charge in [-0.05, 0) is 148 Å². The van der Waals surface area contributed by atoms with Crippen LogP contribution < -0.4 is 10.4 Å². The van der Waals surface area contributed by atoms with Crippen molar-refractivity contribution in [3.63, 3.8) is 0 Å². The average Bonchev–Trinajstić information content (AvgIpc) is 0.762. The Hall–Kier alpha value is -4.19. The second-order valence-electron chi connectivity index (χ2n) is 30.0. The molecule has 2 saturated heterocycles. The van der Waals surface area contributed by atoms with Crippen LogP contribution in [0.5, 0.6) is 0 Å². The van der Waals surface area contributed by atoms with Crippen LogP contribution in [0.2, 0.25) is 23.2 Å². The number of methoxy groups -OCH3 is 3. The highest BCUT2D eigenvalue weighted by atomic mass is 28.4. The highest BCUT2D eigenvalue weighted by molar-refractivity contribution is 7.00. The fourth-order valence-corrected chi connectivity index (χ4v) is 20.4. The summed E-state index contributed by atoms with van der Waals surface area (Å²) in [6, 6.07) is 19.3. The largest absolute Gasteiger partial charge is 0.510 e. The van der Waals surface area contributed by atoms with Crippen LogP contribution in [0, 0.1) is 29.6 Å². The molecule has 2 aromatic carbocycles. The standard InChI is InChI=1S/C74H117NO15Si2/c1-18-31-55-43-49(2)42-50(3)44-63(84-14)68-64(85-15)46-52(5)74(82,88-68)69(79)70(80)75-41-30-29-36-58(75)71(81)87-67(53(6)61(48-59(55)76)89-91(16,17)72(7,8)9)51(4)45-54-39-40-60(62(47-54)83-13)86-65(77)37-27-19-20-28-38-66(78)90-92(73(10,11)12,56-32-23-21-24-33-56)57-34-25-22-26-35-57/h18,21-26,32-35,43,45,50,52-55,58-64,67-68,71,76,81-82H,1,19-20,27-31,36-42,44,46-48H2,2-17H3/b49-43+,51-45+/t50-,52+,53+,54-,55+,58-,59+,60+,61-,62+,63-,64-,67+,68?,71+,74+/m0/s1. The van der Waals surface area contributed by atoms with Crippen LogP contribution in [0.1, 0.15) is 185 Å². The van der Waals surface area contributed by atoms with Crippen LogP contribution in [0.25, 0.3) is 0 Å². The summed E-state index contributed by atoms with van der Waals surface area (Å²) in [4.78, 5) is 58.2. The maximum absolute atomic E-state index is 14.8. The molecule has 0 radical (unpaired) electrons. The summed E-state index contributed by atoms with van der Waals surface area (Å²) in [5.74, 6) is -6.71. The van der Waals surface area contributed by atoms with E-state index in [1.165, 1.54) is 4.90 Å². The van der Waals surface area contributed by atoms with Gasteiger partial charge in [0.1, 0.15) is 12.2 Å². The minimum absolute atomic E-state index is 0.0301. The van der Waals surface area contributed by atoms with Gasteiger partial charge in [-0.15, -0.1) is 6.58 Å². The van der Waals surface area contributed by atoms with Gasteiger partial charge in [0, 0.05) is 58.5 Å². The first kappa shape index (κ1) is 76.8. The summed E-state index contributed by atoms with van der Waals surface area (Å²) >= 11 is 0. The zero-order valence-electron chi connectivity index (χ0n) is 58.8. The lowest BCUT2D eigenvalue weighted by Crippen LogP contribution is -2.67. The third kappa shape index (κ3) is 19.3. The fraction of sp³-hybridized carbons (Fsp3) is 0.703. The number of aliphatic hydroxyl groups excluding tert-OH is 2. The lowest BCUT2D eigenvalue weighted by molar-refractivity contribution is -0.302. The number of unbranched alkanes of at least 4 members (excludes halogenated alkanes) is 3. The Bertz CT molecular complexity index is 2710. The number of carbonyl (C=O) groups is 4. The predicted molar refractivity (Wildman–Crippen MR) is 366 cm³/mol. The minimum Gasteiger partial charge on any atom is -0.510 e. The Kier molecular flexibility index (Phi) is 28.5. The van der Waals surface area contributed by atoms with Crippen molar-refractivity contribution in [3.8, 4) is 0 Å². The van der Waals surface area contributed by atoms with Gasteiger partial charge < -0.3 is 57.5 Å². The van der Waals surface area contributed by atoms with E-state index in [0.29, 0.717) is 70.6 Å². The van der Waals surface area contributed by atoms with Gasteiger partial charge in [0.2, 0.25) is 5.79 Å². The molecule has 16 nitrogen and oxygen atoms in total. The molecule has 2 aromatic rings.